The van der Waals surface area contributed by atoms with Crippen molar-refractivity contribution in [2.75, 3.05) is 59.6 Å². The van der Waals surface area contributed by atoms with Gasteiger partial charge in [0.05, 0.1) is 24.9 Å². The number of rotatable bonds is 11. The number of halogens is 3. The number of hydrogen-bond donors (Lipinski definition) is 1. The van der Waals surface area contributed by atoms with Crippen LogP contribution in [0.3, 0.4) is 0 Å². The zero-order chi connectivity index (χ0) is 28.4. The van der Waals surface area contributed by atoms with Crippen LogP contribution in [0.5, 0.6) is 5.75 Å². The van der Waals surface area contributed by atoms with Gasteiger partial charge >= 0.3 is 6.18 Å². The molecule has 0 aromatic heterocycles. The lowest BCUT2D eigenvalue weighted by atomic mass is 10.1. The number of thiocarbonyl (C=S) groups is 1. The third-order valence-electron chi connectivity index (χ3n) is 6.73. The largest absolute Gasteiger partial charge is 0.486 e. The van der Waals surface area contributed by atoms with Crippen LogP contribution in [0, 0.1) is 0 Å². The molecule has 0 bridgehead atoms. The molecule has 0 spiro atoms. The molecule has 2 aromatic carbocycles. The van der Waals surface area contributed by atoms with Gasteiger partial charge in [-0.05, 0) is 61.9 Å². The van der Waals surface area contributed by atoms with Crippen molar-refractivity contribution >= 4 is 22.9 Å². The van der Waals surface area contributed by atoms with E-state index in [4.69, 9.17) is 31.4 Å². The Labute approximate surface area is 237 Å². The van der Waals surface area contributed by atoms with Gasteiger partial charge in [0, 0.05) is 38.3 Å². The average Bonchev–Trinajstić information content (AvgIpc) is 2.96. The van der Waals surface area contributed by atoms with Crippen molar-refractivity contribution < 1.29 is 32.3 Å². The minimum absolute atomic E-state index is 0.0516. The maximum absolute atomic E-state index is 12.8. The molecule has 0 atom stereocenters. The molecule has 4 rings (SSSR count). The molecule has 2 aliphatic heterocycles. The van der Waals surface area contributed by atoms with Crippen molar-refractivity contribution in [3.05, 3.63) is 65.2 Å². The lowest BCUT2D eigenvalue weighted by Gasteiger charge is -2.28. The Balaban J connectivity index is 1.31. The van der Waals surface area contributed by atoms with Gasteiger partial charge in [-0.1, -0.05) is 29.5 Å². The number of oxime groups is 1. The molecule has 2 saturated heterocycles. The second kappa shape index (κ2) is 14.7. The number of nitrogens with one attached hydrogen (secondary N) is 1. The van der Waals surface area contributed by atoms with Gasteiger partial charge in [-0.25, -0.2) is 0 Å². The van der Waals surface area contributed by atoms with Crippen molar-refractivity contribution in [3.63, 3.8) is 0 Å². The molecule has 0 saturated carbocycles. The first-order chi connectivity index (χ1) is 19.3. The van der Waals surface area contributed by atoms with E-state index in [1.807, 2.05) is 24.3 Å². The van der Waals surface area contributed by atoms with Gasteiger partial charge < -0.3 is 19.2 Å². The lowest BCUT2D eigenvalue weighted by molar-refractivity contribution is -0.137. The summed E-state index contributed by atoms with van der Waals surface area (Å²) in [5, 5.41) is 4.35. The number of alkyl halides is 3. The standard InChI is InChI=1S/C28H35F3N4O4S/c1-34-12-10-25(11-13-34)39-33-27(40)20-37-24-8-4-22(5-9-24)26(18-35-14-16-36-17-15-35)32-38-19-21-2-6-23(7-3-21)28(29,30)31/h2-9,25H,10-20H2,1H3,(H,33,40)/b32-26+. The average molecular weight is 581 g/mol. The Hall–Kier alpha value is -2.77. The Bertz CT molecular complexity index is 1100. The van der Waals surface area contributed by atoms with E-state index in [9.17, 15) is 13.2 Å². The van der Waals surface area contributed by atoms with E-state index in [1.165, 1.54) is 12.1 Å². The van der Waals surface area contributed by atoms with E-state index in [0.29, 0.717) is 41.8 Å². The zero-order valence-electron chi connectivity index (χ0n) is 22.5. The topological polar surface area (TPSA) is 67.8 Å². The highest BCUT2D eigenvalue weighted by molar-refractivity contribution is 7.80. The van der Waals surface area contributed by atoms with Gasteiger partial charge in [0.2, 0.25) is 0 Å². The SMILES string of the molecule is CN1CCC(ONC(=S)COc2ccc(/C(CN3CCOCC3)=N/OCc3ccc(C(F)(F)F)cc3)cc2)CC1. The predicted octanol–water partition coefficient (Wildman–Crippen LogP) is 4.28. The minimum Gasteiger partial charge on any atom is -0.486 e. The maximum atomic E-state index is 12.8. The molecule has 0 radical (unpaired) electrons. The van der Waals surface area contributed by atoms with Crippen molar-refractivity contribution in [2.24, 2.45) is 5.16 Å². The maximum Gasteiger partial charge on any atom is 0.416 e. The van der Waals surface area contributed by atoms with E-state index < -0.39 is 11.7 Å². The van der Waals surface area contributed by atoms with E-state index in [1.54, 1.807) is 0 Å². The molecule has 40 heavy (non-hydrogen) atoms. The molecule has 12 heteroatoms. The normalized spacial score (nSPS) is 17.9. The lowest BCUT2D eigenvalue weighted by Crippen LogP contribution is -2.39. The van der Waals surface area contributed by atoms with Gasteiger partial charge in [-0.2, -0.15) is 13.2 Å². The fourth-order valence-electron chi connectivity index (χ4n) is 4.29. The van der Waals surface area contributed by atoms with Crippen molar-refractivity contribution in [3.8, 4) is 5.75 Å². The van der Waals surface area contributed by atoms with Crippen LogP contribution in [0.1, 0.15) is 29.5 Å². The Morgan fingerprint density at radius 1 is 1.02 bits per heavy atom. The van der Waals surface area contributed by atoms with E-state index >= 15 is 0 Å². The van der Waals surface area contributed by atoms with Crippen molar-refractivity contribution in [1.29, 1.82) is 0 Å². The molecule has 218 valence electrons. The summed E-state index contributed by atoms with van der Waals surface area (Å²) in [6.07, 6.45) is -2.33. The minimum atomic E-state index is -4.37. The third-order valence-corrected chi connectivity index (χ3v) is 6.93. The van der Waals surface area contributed by atoms with Crippen molar-refractivity contribution in [1.82, 2.24) is 15.3 Å². The number of piperidine rings is 1. The zero-order valence-corrected chi connectivity index (χ0v) is 23.3. The highest BCUT2D eigenvalue weighted by atomic mass is 32.1. The van der Waals surface area contributed by atoms with E-state index in [0.717, 1.165) is 56.7 Å². The Kier molecular flexibility index (Phi) is 11.1. The second-order valence-corrected chi connectivity index (χ2v) is 10.3. The van der Waals surface area contributed by atoms with Crippen LogP contribution < -0.4 is 10.2 Å². The Morgan fingerprint density at radius 2 is 1.70 bits per heavy atom. The fraction of sp³-hybridized carbons (Fsp3) is 0.500. The number of hydroxylamine groups is 1. The van der Waals surface area contributed by atoms with Crippen LogP contribution in [0.2, 0.25) is 0 Å². The first-order valence-electron chi connectivity index (χ1n) is 13.3. The number of benzene rings is 2. The van der Waals surface area contributed by atoms with Gasteiger partial charge in [0.25, 0.3) is 0 Å². The smallest absolute Gasteiger partial charge is 0.416 e. The summed E-state index contributed by atoms with van der Waals surface area (Å²) < 4.78 is 49.7. The quantitative estimate of drug-likeness (QED) is 0.240. The molecule has 0 unspecified atom stereocenters. The van der Waals surface area contributed by atoms with Crippen LogP contribution in [-0.2, 0) is 27.2 Å². The van der Waals surface area contributed by atoms with Crippen molar-refractivity contribution in [2.45, 2.75) is 31.7 Å². The van der Waals surface area contributed by atoms with Gasteiger partial charge in [0.1, 0.15) is 29.7 Å². The summed E-state index contributed by atoms with van der Waals surface area (Å²) in [7, 11) is 2.10. The van der Waals surface area contributed by atoms with E-state index in [-0.39, 0.29) is 19.3 Å². The molecule has 2 heterocycles. The van der Waals surface area contributed by atoms with Crippen LogP contribution in [0.25, 0.3) is 0 Å². The van der Waals surface area contributed by atoms with Crippen LogP contribution in [0.4, 0.5) is 13.2 Å². The van der Waals surface area contributed by atoms with Gasteiger partial charge in [0.15, 0.2) is 0 Å². The molecule has 1 N–H and O–H groups in total. The first kappa shape index (κ1) is 30.2. The predicted molar refractivity (Wildman–Crippen MR) is 149 cm³/mol. The van der Waals surface area contributed by atoms with Crippen LogP contribution >= 0.6 is 12.2 Å². The highest BCUT2D eigenvalue weighted by Gasteiger charge is 2.30. The molecule has 0 aliphatic carbocycles. The van der Waals surface area contributed by atoms with Gasteiger partial charge in [-0.3, -0.25) is 15.2 Å². The summed E-state index contributed by atoms with van der Waals surface area (Å²) >= 11 is 5.34. The molecule has 2 fully saturated rings. The monoisotopic (exact) mass is 580 g/mol. The molecule has 2 aliphatic rings. The molecule has 2 aromatic rings. The van der Waals surface area contributed by atoms with Crippen LogP contribution in [0.15, 0.2) is 53.7 Å². The molecular formula is C28H35F3N4O4S. The van der Waals surface area contributed by atoms with Gasteiger partial charge in [-0.15, -0.1) is 0 Å². The molecular weight excluding hydrogens is 545 g/mol. The number of ether oxygens (including phenoxy) is 2. The molecule has 8 nitrogen and oxygen atoms in total. The van der Waals surface area contributed by atoms with Crippen LogP contribution in [-0.4, -0.2) is 86.2 Å². The summed E-state index contributed by atoms with van der Waals surface area (Å²) in [5.41, 5.74) is 4.28. The van der Waals surface area contributed by atoms with E-state index in [2.05, 4.69) is 27.5 Å². The summed E-state index contributed by atoms with van der Waals surface area (Å²) in [5.74, 6) is 0.642. The number of morpholine rings is 1. The summed E-state index contributed by atoms with van der Waals surface area (Å²) in [6, 6.07) is 12.3. The second-order valence-electron chi connectivity index (χ2n) is 9.85. The number of nitrogens with zero attached hydrogens (tertiary/aromatic N) is 3. The number of hydrogen-bond acceptors (Lipinski definition) is 8. The fourth-order valence-corrected chi connectivity index (χ4v) is 4.40. The Morgan fingerprint density at radius 3 is 2.35 bits per heavy atom. The summed E-state index contributed by atoms with van der Waals surface area (Å²) in [4.78, 5) is 16.2. The third kappa shape index (κ3) is 9.70. The summed E-state index contributed by atoms with van der Waals surface area (Å²) in [6.45, 7) is 5.59. The number of likely N-dealkylation sites (tertiary alicyclic amines) is 1. The molecule has 0 amide bonds. The highest BCUT2D eigenvalue weighted by Crippen LogP contribution is 2.29. The first-order valence-corrected chi connectivity index (χ1v) is 13.7.